The molecule has 0 spiro atoms. The van der Waals surface area contributed by atoms with E-state index in [1.165, 1.54) is 11.3 Å². The highest BCUT2D eigenvalue weighted by Gasteiger charge is 2.13. The molecule has 0 atom stereocenters. The van der Waals surface area contributed by atoms with Gasteiger partial charge >= 0.3 is 0 Å². The number of nitrogens with zero attached hydrogens (tertiary/aromatic N) is 1. The molecule has 1 aromatic heterocycles. The maximum absolute atomic E-state index is 5.38. The van der Waals surface area contributed by atoms with Crippen LogP contribution in [0.15, 0.2) is 12.1 Å². The van der Waals surface area contributed by atoms with Gasteiger partial charge in [-0.05, 0) is 50.5 Å². The normalized spacial score (nSPS) is 10.8. The Kier molecular flexibility index (Phi) is 3.93. The molecule has 2 rings (SSSR count). The smallest absolute Gasteiger partial charge is 0.119 e. The average Bonchev–Trinajstić information content (AvgIpc) is 2.40. The monoisotopic (exact) mass is 258 g/mol. The number of fused-ring (bicyclic) bond motifs is 1. The van der Waals surface area contributed by atoms with Crippen molar-refractivity contribution in [3.8, 4) is 5.75 Å². The Bertz CT molecular complexity index is 605. The number of nitrogens with one attached hydrogen (secondary N) is 1. The molecule has 0 unspecified atom stereocenters. The summed E-state index contributed by atoms with van der Waals surface area (Å²) >= 11 is 0. The van der Waals surface area contributed by atoms with Crippen LogP contribution in [0.3, 0.4) is 0 Å². The summed E-state index contributed by atoms with van der Waals surface area (Å²) in [4.78, 5) is 4.77. The van der Waals surface area contributed by atoms with E-state index >= 15 is 0 Å². The van der Waals surface area contributed by atoms with Crippen molar-refractivity contribution in [2.45, 2.75) is 34.1 Å². The van der Waals surface area contributed by atoms with Crippen LogP contribution in [-0.2, 0) is 6.42 Å². The van der Waals surface area contributed by atoms with Gasteiger partial charge in [0.05, 0.1) is 12.6 Å². The second kappa shape index (κ2) is 5.47. The Morgan fingerprint density at radius 1 is 1.21 bits per heavy atom. The number of ether oxygens (including phenoxy) is 1. The summed E-state index contributed by atoms with van der Waals surface area (Å²) in [6.45, 7) is 9.36. The molecule has 102 valence electrons. The SMILES string of the molecule is CCNc1c(CC)c(C)nc2c(C)cc(OC)cc12. The van der Waals surface area contributed by atoms with Crippen LogP contribution in [0.5, 0.6) is 5.75 Å². The van der Waals surface area contributed by atoms with Gasteiger partial charge in [-0.1, -0.05) is 6.92 Å². The van der Waals surface area contributed by atoms with E-state index in [1.54, 1.807) is 7.11 Å². The third-order valence-corrected chi connectivity index (χ3v) is 3.50. The van der Waals surface area contributed by atoms with Gasteiger partial charge in [0, 0.05) is 23.3 Å². The minimum Gasteiger partial charge on any atom is -0.497 e. The van der Waals surface area contributed by atoms with Gasteiger partial charge in [0.25, 0.3) is 0 Å². The number of methoxy groups -OCH3 is 1. The lowest BCUT2D eigenvalue weighted by Gasteiger charge is -2.17. The molecule has 1 N–H and O–H groups in total. The number of rotatable bonds is 4. The predicted octanol–water partition coefficient (Wildman–Crippen LogP) is 3.85. The molecule has 0 amide bonds. The zero-order valence-electron chi connectivity index (χ0n) is 12.4. The maximum Gasteiger partial charge on any atom is 0.119 e. The third kappa shape index (κ3) is 2.37. The number of aromatic nitrogens is 1. The van der Waals surface area contributed by atoms with Gasteiger partial charge in [0.2, 0.25) is 0 Å². The van der Waals surface area contributed by atoms with Crippen molar-refractivity contribution in [2.24, 2.45) is 0 Å². The predicted molar refractivity (Wildman–Crippen MR) is 81.3 cm³/mol. The van der Waals surface area contributed by atoms with E-state index in [0.29, 0.717) is 0 Å². The van der Waals surface area contributed by atoms with E-state index in [0.717, 1.165) is 40.9 Å². The fraction of sp³-hybridized carbons (Fsp3) is 0.438. The number of aryl methyl sites for hydroxylation is 2. The Labute approximate surface area is 115 Å². The van der Waals surface area contributed by atoms with Gasteiger partial charge in [0.1, 0.15) is 5.75 Å². The quantitative estimate of drug-likeness (QED) is 0.904. The first-order valence-corrected chi connectivity index (χ1v) is 6.84. The molecule has 0 bridgehead atoms. The maximum atomic E-state index is 5.38. The van der Waals surface area contributed by atoms with Crippen molar-refractivity contribution < 1.29 is 4.74 Å². The van der Waals surface area contributed by atoms with E-state index in [1.807, 2.05) is 6.07 Å². The van der Waals surface area contributed by atoms with Crippen LogP contribution < -0.4 is 10.1 Å². The van der Waals surface area contributed by atoms with Crippen LogP contribution in [0.25, 0.3) is 10.9 Å². The second-order valence-corrected chi connectivity index (χ2v) is 4.78. The molecule has 0 aliphatic heterocycles. The van der Waals surface area contributed by atoms with Crippen LogP contribution in [0.2, 0.25) is 0 Å². The highest BCUT2D eigenvalue weighted by molar-refractivity contribution is 5.96. The van der Waals surface area contributed by atoms with E-state index in [4.69, 9.17) is 9.72 Å². The molecule has 3 heteroatoms. The lowest BCUT2D eigenvalue weighted by atomic mass is 10.0. The fourth-order valence-electron chi connectivity index (χ4n) is 2.59. The largest absolute Gasteiger partial charge is 0.497 e. The lowest BCUT2D eigenvalue weighted by Crippen LogP contribution is -2.05. The van der Waals surface area contributed by atoms with Crippen LogP contribution in [0, 0.1) is 13.8 Å². The Morgan fingerprint density at radius 2 is 1.95 bits per heavy atom. The van der Waals surface area contributed by atoms with E-state index in [9.17, 15) is 0 Å². The summed E-state index contributed by atoms with van der Waals surface area (Å²) in [5, 5.41) is 4.65. The molecule has 0 radical (unpaired) electrons. The minimum absolute atomic E-state index is 0.886. The van der Waals surface area contributed by atoms with Crippen molar-refractivity contribution >= 4 is 16.6 Å². The first-order valence-electron chi connectivity index (χ1n) is 6.84. The van der Waals surface area contributed by atoms with Crippen LogP contribution in [-0.4, -0.2) is 18.6 Å². The molecule has 0 saturated heterocycles. The molecule has 0 fully saturated rings. The summed E-state index contributed by atoms with van der Waals surface area (Å²) in [5.74, 6) is 0.886. The number of hydrogen-bond donors (Lipinski definition) is 1. The molecule has 0 aliphatic rings. The van der Waals surface area contributed by atoms with Crippen molar-refractivity contribution in [3.63, 3.8) is 0 Å². The zero-order chi connectivity index (χ0) is 14.0. The van der Waals surface area contributed by atoms with Crippen LogP contribution >= 0.6 is 0 Å². The average molecular weight is 258 g/mol. The van der Waals surface area contributed by atoms with Crippen molar-refractivity contribution in [1.82, 2.24) is 4.98 Å². The second-order valence-electron chi connectivity index (χ2n) is 4.78. The van der Waals surface area contributed by atoms with E-state index in [-0.39, 0.29) is 0 Å². The van der Waals surface area contributed by atoms with Crippen molar-refractivity contribution in [2.75, 3.05) is 19.0 Å². The van der Waals surface area contributed by atoms with Gasteiger partial charge in [-0.25, -0.2) is 0 Å². The molecule has 0 saturated carbocycles. The number of benzene rings is 1. The molecule has 2 aromatic rings. The topological polar surface area (TPSA) is 34.2 Å². The van der Waals surface area contributed by atoms with Gasteiger partial charge in [-0.3, -0.25) is 4.98 Å². The molecule has 19 heavy (non-hydrogen) atoms. The van der Waals surface area contributed by atoms with E-state index < -0.39 is 0 Å². The lowest BCUT2D eigenvalue weighted by molar-refractivity contribution is 0.415. The van der Waals surface area contributed by atoms with Gasteiger partial charge in [-0.15, -0.1) is 0 Å². The van der Waals surface area contributed by atoms with Crippen molar-refractivity contribution in [1.29, 1.82) is 0 Å². The zero-order valence-corrected chi connectivity index (χ0v) is 12.4. The van der Waals surface area contributed by atoms with Gasteiger partial charge in [0.15, 0.2) is 0 Å². The number of pyridine rings is 1. The molecule has 3 nitrogen and oxygen atoms in total. The molecule has 1 heterocycles. The summed E-state index contributed by atoms with van der Waals surface area (Å²) < 4.78 is 5.38. The van der Waals surface area contributed by atoms with E-state index in [2.05, 4.69) is 39.1 Å². The highest BCUT2D eigenvalue weighted by Crippen LogP contribution is 2.33. The number of hydrogen-bond acceptors (Lipinski definition) is 3. The fourth-order valence-corrected chi connectivity index (χ4v) is 2.59. The standard InChI is InChI=1S/C16H22N2O/c1-6-13-11(4)18-15-10(3)8-12(19-5)9-14(15)16(13)17-7-2/h8-9H,6-7H2,1-5H3,(H,17,18). The third-order valence-electron chi connectivity index (χ3n) is 3.50. The van der Waals surface area contributed by atoms with Gasteiger partial charge in [-0.2, -0.15) is 0 Å². The molecular formula is C16H22N2O. The number of anilines is 1. The minimum atomic E-state index is 0.886. The Hall–Kier alpha value is -1.77. The molecule has 1 aromatic carbocycles. The van der Waals surface area contributed by atoms with Crippen LogP contribution in [0.1, 0.15) is 30.7 Å². The summed E-state index contributed by atoms with van der Waals surface area (Å²) in [7, 11) is 1.70. The summed E-state index contributed by atoms with van der Waals surface area (Å²) in [6, 6.07) is 4.11. The van der Waals surface area contributed by atoms with Gasteiger partial charge < -0.3 is 10.1 Å². The molecule has 0 aliphatic carbocycles. The van der Waals surface area contributed by atoms with Crippen molar-refractivity contribution in [3.05, 3.63) is 29.0 Å². The highest BCUT2D eigenvalue weighted by atomic mass is 16.5. The van der Waals surface area contributed by atoms with Crippen LogP contribution in [0.4, 0.5) is 5.69 Å². The Balaban J connectivity index is 2.84. The first-order chi connectivity index (χ1) is 9.12. The first kappa shape index (κ1) is 13.7. The Morgan fingerprint density at radius 3 is 2.53 bits per heavy atom. The summed E-state index contributed by atoms with van der Waals surface area (Å²) in [5.41, 5.74) is 5.82. The summed E-state index contributed by atoms with van der Waals surface area (Å²) in [6.07, 6.45) is 0.980. The molecular weight excluding hydrogens is 236 g/mol.